The van der Waals surface area contributed by atoms with Gasteiger partial charge < -0.3 is 43.2 Å². The molecule has 1 N–H and O–H groups in total. The molecule has 0 unspecified atom stereocenters. The lowest BCUT2D eigenvalue weighted by atomic mass is 9.95. The minimum absolute atomic E-state index is 0.0177. The Hall–Kier alpha value is -3.73. The van der Waals surface area contributed by atoms with Crippen LogP contribution in [0, 0.1) is 0 Å². The van der Waals surface area contributed by atoms with Crippen LogP contribution in [0.25, 0.3) is 0 Å². The van der Waals surface area contributed by atoms with Crippen molar-refractivity contribution in [1.82, 2.24) is 5.32 Å². The van der Waals surface area contributed by atoms with Crippen LogP contribution >= 0.6 is 46.6 Å². The zero-order chi connectivity index (χ0) is 42.2. The van der Waals surface area contributed by atoms with Gasteiger partial charge in [-0.3, -0.25) is 4.79 Å². The molecule has 0 aromatic heterocycles. The highest BCUT2D eigenvalue weighted by Crippen LogP contribution is 2.41. The van der Waals surface area contributed by atoms with Gasteiger partial charge in [-0.2, -0.15) is 0 Å². The number of carbonyl (C=O) groups excluding carboxylic acids is 3. The predicted molar refractivity (Wildman–Crippen MR) is 225 cm³/mol. The standard InChI is InChI=1S/C44H44Cl3NO11S/c1-3-60-42-32(48-43(51)44(45,46)47)35(34-31(55-42)25-53-40(58-34)30-22-14-7-15-23-30)59-41-37(52-24-27-16-8-4-9-17-27)36(57-39(50)29-20-12-6-13-21-29)33(26(2)54-41)56-38(49)28-18-10-5-11-19-28/h4-23,26,31-37,40-42H,3,24-25H2,1-2H3,(H,48,51)/t26-,31+,32+,33+,34+,35+,36+,37-,40+,41-,42-/m0/s1. The number of halogens is 3. The highest BCUT2D eigenvalue weighted by Gasteiger charge is 2.57. The van der Waals surface area contributed by atoms with E-state index >= 15 is 0 Å². The van der Waals surface area contributed by atoms with Gasteiger partial charge in [-0.15, -0.1) is 11.8 Å². The van der Waals surface area contributed by atoms with Crippen molar-refractivity contribution in [3.8, 4) is 0 Å². The molecule has 60 heavy (non-hydrogen) atoms. The number of thioether (sulfide) groups is 1. The third-order valence-corrected chi connectivity index (χ3v) is 11.7. The lowest BCUT2D eigenvalue weighted by molar-refractivity contribution is -0.357. The van der Waals surface area contributed by atoms with Crippen LogP contribution in [-0.2, 0) is 49.3 Å². The fourth-order valence-electron chi connectivity index (χ4n) is 7.21. The van der Waals surface area contributed by atoms with Crippen LogP contribution in [-0.4, -0.2) is 94.5 Å². The van der Waals surface area contributed by atoms with E-state index in [4.69, 9.17) is 72.7 Å². The fraction of sp³-hybridized carbons (Fsp3) is 0.386. The minimum atomic E-state index is -2.34. The quantitative estimate of drug-likeness (QED) is 0.105. The van der Waals surface area contributed by atoms with Crippen LogP contribution in [0.1, 0.15) is 52.0 Å². The Morgan fingerprint density at radius 1 is 0.733 bits per heavy atom. The third-order valence-electron chi connectivity index (χ3n) is 10.1. The molecule has 12 nitrogen and oxygen atoms in total. The maximum atomic E-state index is 13.9. The lowest BCUT2D eigenvalue weighted by Crippen LogP contribution is -2.69. The van der Waals surface area contributed by atoms with Crippen molar-refractivity contribution in [2.45, 2.75) is 91.0 Å². The number of alkyl halides is 3. The van der Waals surface area contributed by atoms with E-state index in [0.29, 0.717) is 5.75 Å². The molecule has 4 aromatic carbocycles. The predicted octanol–water partition coefficient (Wildman–Crippen LogP) is 7.60. The minimum Gasteiger partial charge on any atom is -0.452 e. The van der Waals surface area contributed by atoms with Crippen molar-refractivity contribution in [3.05, 3.63) is 144 Å². The van der Waals surface area contributed by atoms with Gasteiger partial charge >= 0.3 is 11.9 Å². The molecule has 1 amide bonds. The molecule has 3 heterocycles. The van der Waals surface area contributed by atoms with Gasteiger partial charge in [0.05, 0.1) is 36.5 Å². The molecule has 3 aliphatic rings. The molecule has 0 saturated carbocycles. The number of hydrogen-bond acceptors (Lipinski definition) is 12. The van der Waals surface area contributed by atoms with Crippen molar-refractivity contribution >= 4 is 64.4 Å². The summed E-state index contributed by atoms with van der Waals surface area (Å²) in [4.78, 5) is 41.1. The summed E-state index contributed by atoms with van der Waals surface area (Å²) in [6.07, 6.45) is -9.48. The summed E-state index contributed by atoms with van der Waals surface area (Å²) >= 11 is 19.7. The molecular formula is C44H44Cl3NO11S. The molecule has 16 heteroatoms. The molecule has 3 aliphatic heterocycles. The maximum absolute atomic E-state index is 13.9. The van der Waals surface area contributed by atoms with Gasteiger partial charge in [-0.25, -0.2) is 9.59 Å². The topological polar surface area (TPSA) is 137 Å². The van der Waals surface area contributed by atoms with Crippen LogP contribution in [0.2, 0.25) is 0 Å². The number of benzene rings is 4. The molecule has 3 saturated heterocycles. The number of nitrogens with one attached hydrogen (secondary N) is 1. The van der Waals surface area contributed by atoms with Crippen LogP contribution in [0.4, 0.5) is 0 Å². The summed E-state index contributed by atoms with van der Waals surface area (Å²) in [5.41, 5.74) is 1.33. The van der Waals surface area contributed by atoms with Gasteiger partial charge in [-0.05, 0) is 42.5 Å². The smallest absolute Gasteiger partial charge is 0.338 e. The van der Waals surface area contributed by atoms with Crippen molar-refractivity contribution < 1.29 is 52.3 Å². The van der Waals surface area contributed by atoms with Crippen molar-refractivity contribution in [1.29, 1.82) is 0 Å². The molecule has 0 spiro atoms. The Morgan fingerprint density at radius 2 is 1.30 bits per heavy atom. The molecule has 7 rings (SSSR count). The monoisotopic (exact) mass is 899 g/mol. The van der Waals surface area contributed by atoms with E-state index in [1.807, 2.05) is 67.6 Å². The van der Waals surface area contributed by atoms with Crippen molar-refractivity contribution in [2.24, 2.45) is 0 Å². The van der Waals surface area contributed by atoms with Crippen LogP contribution in [0.5, 0.6) is 0 Å². The Balaban J connectivity index is 1.29. The second-order valence-electron chi connectivity index (χ2n) is 14.2. The lowest BCUT2D eigenvalue weighted by Gasteiger charge is -2.52. The first-order valence-electron chi connectivity index (χ1n) is 19.5. The third kappa shape index (κ3) is 10.8. The van der Waals surface area contributed by atoms with Crippen LogP contribution in [0.3, 0.4) is 0 Å². The number of hydrogen-bond donors (Lipinski definition) is 1. The number of amides is 1. The average molecular weight is 901 g/mol. The number of esters is 2. The first-order chi connectivity index (χ1) is 29.0. The maximum Gasteiger partial charge on any atom is 0.338 e. The summed E-state index contributed by atoms with van der Waals surface area (Å²) in [6.45, 7) is 3.74. The first kappa shape index (κ1) is 44.3. The van der Waals surface area contributed by atoms with Gasteiger partial charge in [0.1, 0.15) is 29.9 Å². The average Bonchev–Trinajstić information content (AvgIpc) is 3.26. The fourth-order valence-corrected chi connectivity index (χ4v) is 8.36. The van der Waals surface area contributed by atoms with E-state index in [2.05, 4.69) is 5.32 Å². The Bertz CT molecular complexity index is 2020. The van der Waals surface area contributed by atoms with Crippen LogP contribution < -0.4 is 5.32 Å². The van der Waals surface area contributed by atoms with Gasteiger partial charge in [-0.1, -0.05) is 139 Å². The molecule has 0 aliphatic carbocycles. The van der Waals surface area contributed by atoms with Crippen LogP contribution in [0.15, 0.2) is 121 Å². The highest BCUT2D eigenvalue weighted by molar-refractivity contribution is 7.99. The van der Waals surface area contributed by atoms with Crippen molar-refractivity contribution in [2.75, 3.05) is 12.4 Å². The highest BCUT2D eigenvalue weighted by atomic mass is 35.6. The second-order valence-corrected chi connectivity index (χ2v) is 17.9. The van der Waals surface area contributed by atoms with Crippen molar-refractivity contribution in [3.63, 3.8) is 0 Å². The Labute approximate surface area is 367 Å². The summed E-state index contributed by atoms with van der Waals surface area (Å²) in [7, 11) is 0. The van der Waals surface area contributed by atoms with E-state index in [0.717, 1.165) is 11.1 Å². The van der Waals surface area contributed by atoms with Gasteiger partial charge in [0.15, 0.2) is 24.8 Å². The molecule has 3 fully saturated rings. The molecule has 0 bridgehead atoms. The summed E-state index contributed by atoms with van der Waals surface area (Å²) in [5, 5.41) is 2.85. The normalized spacial score (nSPS) is 29.1. The first-order valence-corrected chi connectivity index (χ1v) is 21.6. The van der Waals surface area contributed by atoms with E-state index in [9.17, 15) is 14.4 Å². The Kier molecular flexibility index (Phi) is 15.1. The zero-order valence-corrected chi connectivity index (χ0v) is 35.6. The second kappa shape index (κ2) is 20.4. The van der Waals surface area contributed by atoms with Gasteiger partial charge in [0.25, 0.3) is 9.70 Å². The SMILES string of the molecule is CCS[C@@H]1O[C@@H]2CO[C@@H](c3ccccc3)O[C@H]2[C@H](O[C@@H]2O[C@@H](C)[C@@H](OC(=O)c3ccccc3)[C@@H](OC(=O)c3ccccc3)[C@@H]2OCc2ccccc2)[C@H]1NC(=O)C(Cl)(Cl)Cl. The summed E-state index contributed by atoms with van der Waals surface area (Å²) < 4.78 is 49.7. The molecular weight excluding hydrogens is 857 g/mol. The summed E-state index contributed by atoms with van der Waals surface area (Å²) in [5.74, 6) is -1.70. The largest absolute Gasteiger partial charge is 0.452 e. The number of rotatable bonds is 13. The van der Waals surface area contributed by atoms with E-state index < -0.39 is 88.4 Å². The Morgan fingerprint density at radius 3 is 1.88 bits per heavy atom. The van der Waals surface area contributed by atoms with E-state index in [1.54, 1.807) is 67.6 Å². The van der Waals surface area contributed by atoms with Gasteiger partial charge in [0.2, 0.25) is 0 Å². The molecule has 11 atom stereocenters. The summed E-state index contributed by atoms with van der Waals surface area (Å²) in [6, 6.07) is 34.5. The molecule has 0 radical (unpaired) electrons. The van der Waals surface area contributed by atoms with E-state index in [-0.39, 0.29) is 24.3 Å². The number of fused-ring (bicyclic) bond motifs is 1. The zero-order valence-electron chi connectivity index (χ0n) is 32.6. The molecule has 318 valence electrons. The molecule has 4 aromatic rings. The number of carbonyl (C=O) groups is 3. The number of ether oxygens (including phenoxy) is 8. The van der Waals surface area contributed by atoms with E-state index in [1.165, 1.54) is 11.8 Å². The van der Waals surface area contributed by atoms with Gasteiger partial charge in [0, 0.05) is 5.56 Å².